The second-order valence-electron chi connectivity index (χ2n) is 6.20. The molecule has 1 heterocycles. The summed E-state index contributed by atoms with van der Waals surface area (Å²) in [4.78, 5) is 16.5. The van der Waals surface area contributed by atoms with Crippen molar-refractivity contribution in [2.45, 2.75) is 47.6 Å². The van der Waals surface area contributed by atoms with Crippen LogP contribution in [0.15, 0.2) is 0 Å². The Labute approximate surface area is 106 Å². The van der Waals surface area contributed by atoms with Gasteiger partial charge >= 0.3 is 0 Å². The molecule has 1 fully saturated rings. The molecule has 0 aromatic carbocycles. The first kappa shape index (κ1) is 14.5. The topological polar surface area (TPSA) is 23.6 Å². The normalized spacial score (nSPS) is 19.4. The van der Waals surface area contributed by atoms with Crippen LogP contribution in [0.3, 0.4) is 0 Å². The number of carbonyl (C=O) groups is 1. The molecule has 0 bridgehead atoms. The number of hydrogen-bond acceptors (Lipinski definition) is 2. The molecule has 1 amide bonds. The fourth-order valence-corrected chi connectivity index (χ4v) is 2.40. The Morgan fingerprint density at radius 2 is 1.76 bits per heavy atom. The Morgan fingerprint density at radius 3 is 2.12 bits per heavy atom. The second kappa shape index (κ2) is 5.38. The van der Waals surface area contributed by atoms with Crippen LogP contribution in [0.4, 0.5) is 0 Å². The van der Waals surface area contributed by atoms with E-state index in [2.05, 4.69) is 39.5 Å². The molecule has 0 aromatic rings. The van der Waals surface area contributed by atoms with Crippen molar-refractivity contribution >= 4 is 5.91 Å². The van der Waals surface area contributed by atoms with Crippen LogP contribution in [0.1, 0.15) is 41.5 Å². The lowest BCUT2D eigenvalue weighted by molar-refractivity contribution is -0.145. The fourth-order valence-electron chi connectivity index (χ4n) is 2.40. The maximum atomic E-state index is 12.2. The van der Waals surface area contributed by atoms with Gasteiger partial charge in [0.05, 0.1) is 6.04 Å². The molecule has 1 saturated heterocycles. The van der Waals surface area contributed by atoms with Crippen molar-refractivity contribution in [1.82, 2.24) is 9.80 Å². The molecule has 1 aliphatic rings. The zero-order chi connectivity index (χ0) is 13.2. The third kappa shape index (κ3) is 3.21. The molecule has 0 spiro atoms. The van der Waals surface area contributed by atoms with Gasteiger partial charge in [-0.3, -0.25) is 9.69 Å². The number of rotatable bonds is 4. The molecule has 3 nitrogen and oxygen atoms in total. The van der Waals surface area contributed by atoms with Gasteiger partial charge in [-0.25, -0.2) is 0 Å². The van der Waals surface area contributed by atoms with Gasteiger partial charge in [-0.1, -0.05) is 34.6 Å². The summed E-state index contributed by atoms with van der Waals surface area (Å²) in [6.07, 6.45) is 0. The van der Waals surface area contributed by atoms with Crippen molar-refractivity contribution in [2.75, 3.05) is 26.2 Å². The molecule has 0 aromatic heterocycles. The van der Waals surface area contributed by atoms with Gasteiger partial charge in [-0.05, 0) is 31.3 Å². The summed E-state index contributed by atoms with van der Waals surface area (Å²) in [5, 5.41) is 0. The first-order chi connectivity index (χ1) is 7.81. The van der Waals surface area contributed by atoms with Crippen molar-refractivity contribution in [3.8, 4) is 0 Å². The first-order valence-electron chi connectivity index (χ1n) is 6.84. The predicted octanol–water partition coefficient (Wildman–Crippen LogP) is 2.22. The SMILES string of the molecule is CCN(CC)[C@H](C)C(=O)N1CC(C(C)(C)C)C1. The number of amides is 1. The molecule has 0 saturated carbocycles. The van der Waals surface area contributed by atoms with E-state index in [9.17, 15) is 4.79 Å². The number of likely N-dealkylation sites (tertiary alicyclic amines) is 1. The number of hydrogen-bond donors (Lipinski definition) is 0. The van der Waals surface area contributed by atoms with Crippen LogP contribution >= 0.6 is 0 Å². The van der Waals surface area contributed by atoms with Gasteiger partial charge < -0.3 is 4.90 Å². The maximum absolute atomic E-state index is 12.2. The largest absolute Gasteiger partial charge is 0.341 e. The lowest BCUT2D eigenvalue weighted by Gasteiger charge is -2.47. The Balaban J connectivity index is 2.47. The molecular weight excluding hydrogens is 212 g/mol. The number of carbonyl (C=O) groups excluding carboxylic acids is 1. The van der Waals surface area contributed by atoms with Crippen LogP contribution in [0, 0.1) is 11.3 Å². The highest BCUT2D eigenvalue weighted by Crippen LogP contribution is 2.33. The average molecular weight is 240 g/mol. The summed E-state index contributed by atoms with van der Waals surface area (Å²) in [6.45, 7) is 16.8. The molecule has 1 rings (SSSR count). The van der Waals surface area contributed by atoms with Crippen LogP contribution in [0.25, 0.3) is 0 Å². The molecule has 0 unspecified atom stereocenters. The Morgan fingerprint density at radius 1 is 1.29 bits per heavy atom. The van der Waals surface area contributed by atoms with E-state index in [1.165, 1.54) is 0 Å². The Bertz CT molecular complexity index is 260. The van der Waals surface area contributed by atoms with E-state index < -0.39 is 0 Å². The Hall–Kier alpha value is -0.570. The van der Waals surface area contributed by atoms with Crippen molar-refractivity contribution in [3.63, 3.8) is 0 Å². The standard InChI is InChI=1S/C14H28N2O/c1-7-15(8-2)11(3)13(17)16-9-12(10-16)14(4,5)6/h11-12H,7-10H2,1-6H3/t11-/m1/s1. The third-order valence-corrected chi connectivity index (χ3v) is 4.14. The highest BCUT2D eigenvalue weighted by Gasteiger charge is 2.39. The zero-order valence-corrected chi connectivity index (χ0v) is 12.3. The second-order valence-corrected chi connectivity index (χ2v) is 6.20. The van der Waals surface area contributed by atoms with Crippen molar-refractivity contribution in [1.29, 1.82) is 0 Å². The van der Waals surface area contributed by atoms with Gasteiger partial charge in [0.25, 0.3) is 0 Å². The van der Waals surface area contributed by atoms with Gasteiger partial charge in [0.15, 0.2) is 0 Å². The highest BCUT2D eigenvalue weighted by molar-refractivity contribution is 5.82. The summed E-state index contributed by atoms with van der Waals surface area (Å²) < 4.78 is 0. The summed E-state index contributed by atoms with van der Waals surface area (Å²) in [6, 6.07) is 0.0333. The van der Waals surface area contributed by atoms with Crippen LogP contribution in [0.5, 0.6) is 0 Å². The molecule has 1 atom stereocenters. The minimum absolute atomic E-state index is 0.0333. The summed E-state index contributed by atoms with van der Waals surface area (Å²) >= 11 is 0. The van der Waals surface area contributed by atoms with Crippen LogP contribution in [-0.4, -0.2) is 47.9 Å². The molecule has 100 valence electrons. The van der Waals surface area contributed by atoms with E-state index >= 15 is 0 Å². The number of nitrogens with zero attached hydrogens (tertiary/aromatic N) is 2. The van der Waals surface area contributed by atoms with Crippen molar-refractivity contribution < 1.29 is 4.79 Å². The molecule has 0 radical (unpaired) electrons. The monoisotopic (exact) mass is 240 g/mol. The van der Waals surface area contributed by atoms with Gasteiger partial charge in [0.1, 0.15) is 0 Å². The molecular formula is C14H28N2O. The molecule has 0 N–H and O–H groups in total. The average Bonchev–Trinajstić information content (AvgIpc) is 2.14. The highest BCUT2D eigenvalue weighted by atomic mass is 16.2. The smallest absolute Gasteiger partial charge is 0.239 e. The van der Waals surface area contributed by atoms with Crippen LogP contribution in [0.2, 0.25) is 0 Å². The maximum Gasteiger partial charge on any atom is 0.239 e. The van der Waals surface area contributed by atoms with E-state index in [4.69, 9.17) is 0 Å². The van der Waals surface area contributed by atoms with Gasteiger partial charge in [0.2, 0.25) is 5.91 Å². The molecule has 1 aliphatic heterocycles. The molecule has 17 heavy (non-hydrogen) atoms. The van der Waals surface area contributed by atoms with Crippen LogP contribution in [-0.2, 0) is 4.79 Å². The minimum atomic E-state index is 0.0333. The minimum Gasteiger partial charge on any atom is -0.341 e. The van der Waals surface area contributed by atoms with Gasteiger partial charge in [-0.2, -0.15) is 0 Å². The molecule has 0 aliphatic carbocycles. The number of likely N-dealkylation sites (N-methyl/N-ethyl adjacent to an activating group) is 1. The summed E-state index contributed by atoms with van der Waals surface area (Å²) in [5.41, 5.74) is 0.329. The van der Waals surface area contributed by atoms with E-state index in [0.717, 1.165) is 26.2 Å². The fraction of sp³-hybridized carbons (Fsp3) is 0.929. The van der Waals surface area contributed by atoms with E-state index in [-0.39, 0.29) is 6.04 Å². The lowest BCUT2D eigenvalue weighted by Crippen LogP contribution is -2.59. The zero-order valence-electron chi connectivity index (χ0n) is 12.3. The lowest BCUT2D eigenvalue weighted by atomic mass is 9.76. The Kier molecular flexibility index (Phi) is 4.59. The van der Waals surface area contributed by atoms with Crippen LogP contribution < -0.4 is 0 Å². The third-order valence-electron chi connectivity index (χ3n) is 4.14. The predicted molar refractivity (Wildman–Crippen MR) is 71.9 cm³/mol. The van der Waals surface area contributed by atoms with Crippen molar-refractivity contribution in [2.24, 2.45) is 11.3 Å². The van der Waals surface area contributed by atoms with Crippen molar-refractivity contribution in [3.05, 3.63) is 0 Å². The molecule has 3 heteroatoms. The first-order valence-corrected chi connectivity index (χ1v) is 6.84. The van der Waals surface area contributed by atoms with E-state index in [1.54, 1.807) is 0 Å². The van der Waals surface area contributed by atoms with E-state index in [1.807, 2.05) is 11.8 Å². The van der Waals surface area contributed by atoms with Gasteiger partial charge in [-0.15, -0.1) is 0 Å². The van der Waals surface area contributed by atoms with E-state index in [0.29, 0.717) is 17.2 Å². The summed E-state index contributed by atoms with van der Waals surface area (Å²) in [5.74, 6) is 0.963. The van der Waals surface area contributed by atoms with Gasteiger partial charge in [0, 0.05) is 13.1 Å². The quantitative estimate of drug-likeness (QED) is 0.752. The summed E-state index contributed by atoms with van der Waals surface area (Å²) in [7, 11) is 0.